The fraction of sp³-hybridized carbons (Fsp3) is 0.524. The quantitative estimate of drug-likeness (QED) is 0.491. The van der Waals surface area contributed by atoms with E-state index in [0.29, 0.717) is 49.2 Å². The summed E-state index contributed by atoms with van der Waals surface area (Å²) < 4.78 is 26.8. The number of piperazine rings is 1. The maximum absolute atomic E-state index is 13.4. The van der Waals surface area contributed by atoms with Crippen molar-refractivity contribution < 1.29 is 13.8 Å². The van der Waals surface area contributed by atoms with Gasteiger partial charge in [0.05, 0.1) is 25.1 Å². The molecule has 2 aliphatic rings. The molecular formula is C21H27Cl2N4O4P. The molecule has 2 fully saturated rings. The Hall–Kier alpha value is -1.57. The molecule has 0 radical (unpaired) electrons. The summed E-state index contributed by atoms with van der Waals surface area (Å²) in [5.41, 5.74) is 0.961. The van der Waals surface area contributed by atoms with Crippen molar-refractivity contribution in [3.63, 3.8) is 0 Å². The van der Waals surface area contributed by atoms with Gasteiger partial charge >= 0.3 is 12.4 Å². The van der Waals surface area contributed by atoms with Crippen LogP contribution in [-0.2, 0) is 9.09 Å². The SMILES string of the molecule is CCOP(=O)(Cl)N1CCN(c2cnn(-c3cccc(Cl)c3)c(=O)c2OCC2(C)CC2)CC1. The van der Waals surface area contributed by atoms with E-state index in [2.05, 4.69) is 12.0 Å². The van der Waals surface area contributed by atoms with Crippen molar-refractivity contribution in [1.29, 1.82) is 0 Å². The zero-order valence-corrected chi connectivity index (χ0v) is 20.6. The molecule has 1 saturated heterocycles. The van der Waals surface area contributed by atoms with E-state index in [4.69, 9.17) is 32.1 Å². The van der Waals surface area contributed by atoms with E-state index in [1.165, 1.54) is 4.68 Å². The van der Waals surface area contributed by atoms with Gasteiger partial charge in [-0.15, -0.1) is 0 Å². The maximum atomic E-state index is 13.4. The van der Waals surface area contributed by atoms with E-state index >= 15 is 0 Å². The lowest BCUT2D eigenvalue weighted by Crippen LogP contribution is -2.45. The van der Waals surface area contributed by atoms with E-state index in [1.807, 2.05) is 4.90 Å². The average molecular weight is 501 g/mol. The van der Waals surface area contributed by atoms with Crippen molar-refractivity contribution in [2.45, 2.75) is 26.7 Å². The molecule has 1 aliphatic heterocycles. The minimum atomic E-state index is -3.33. The summed E-state index contributed by atoms with van der Waals surface area (Å²) in [6.07, 6.45) is 3.80. The van der Waals surface area contributed by atoms with Gasteiger partial charge in [0, 0.05) is 36.6 Å². The van der Waals surface area contributed by atoms with E-state index in [9.17, 15) is 9.36 Å². The lowest BCUT2D eigenvalue weighted by molar-refractivity contribution is 0.242. The Bertz CT molecular complexity index is 1080. The van der Waals surface area contributed by atoms with Crippen molar-refractivity contribution in [1.82, 2.24) is 14.5 Å². The molecule has 4 rings (SSSR count). The van der Waals surface area contributed by atoms with Crippen LogP contribution in [0.15, 0.2) is 35.3 Å². The summed E-state index contributed by atoms with van der Waals surface area (Å²) in [7, 11) is 0. The first-order valence-corrected chi connectivity index (χ1v) is 13.5. The number of benzene rings is 1. The van der Waals surface area contributed by atoms with Crippen molar-refractivity contribution in [3.05, 3.63) is 45.8 Å². The molecule has 0 bridgehead atoms. The van der Waals surface area contributed by atoms with Gasteiger partial charge < -0.3 is 14.2 Å². The van der Waals surface area contributed by atoms with Crippen LogP contribution in [0.3, 0.4) is 0 Å². The third kappa shape index (κ3) is 5.15. The van der Waals surface area contributed by atoms with Crippen LogP contribution >= 0.6 is 29.7 Å². The normalized spacial score (nSPS) is 20.1. The molecule has 1 aromatic heterocycles. The van der Waals surface area contributed by atoms with Crippen LogP contribution in [-0.4, -0.2) is 53.8 Å². The summed E-state index contributed by atoms with van der Waals surface area (Å²) >= 11 is 12.2. The third-order valence-corrected chi connectivity index (χ3v) is 8.68. The summed E-state index contributed by atoms with van der Waals surface area (Å²) in [5.74, 6) is 0.264. The molecule has 0 N–H and O–H groups in total. The number of aromatic nitrogens is 2. The minimum Gasteiger partial charge on any atom is -0.486 e. The van der Waals surface area contributed by atoms with Gasteiger partial charge in [0.2, 0.25) is 5.75 Å². The zero-order chi connectivity index (χ0) is 22.9. The second-order valence-corrected chi connectivity index (χ2v) is 11.9. The van der Waals surface area contributed by atoms with Crippen molar-refractivity contribution in [2.24, 2.45) is 5.41 Å². The molecule has 2 heterocycles. The van der Waals surface area contributed by atoms with Gasteiger partial charge in [-0.3, -0.25) is 9.36 Å². The fourth-order valence-electron chi connectivity index (χ4n) is 3.60. The van der Waals surface area contributed by atoms with E-state index in [1.54, 1.807) is 42.1 Å². The third-order valence-electron chi connectivity index (χ3n) is 5.86. The van der Waals surface area contributed by atoms with Crippen molar-refractivity contribution in [2.75, 3.05) is 44.3 Å². The van der Waals surface area contributed by atoms with Crippen LogP contribution in [0.25, 0.3) is 5.69 Å². The topological polar surface area (TPSA) is 76.9 Å². The highest BCUT2D eigenvalue weighted by atomic mass is 35.7. The Kier molecular flexibility index (Phi) is 6.89. The molecule has 8 nitrogen and oxygen atoms in total. The largest absolute Gasteiger partial charge is 0.486 e. The van der Waals surface area contributed by atoms with Crippen LogP contribution in [0, 0.1) is 5.41 Å². The monoisotopic (exact) mass is 500 g/mol. The second kappa shape index (κ2) is 9.35. The lowest BCUT2D eigenvalue weighted by atomic mass is 10.2. The number of ether oxygens (including phenoxy) is 1. The van der Waals surface area contributed by atoms with Gasteiger partial charge in [0.15, 0.2) is 0 Å². The molecule has 1 aromatic carbocycles. The molecular weight excluding hydrogens is 474 g/mol. The molecule has 1 aliphatic carbocycles. The summed E-state index contributed by atoms with van der Waals surface area (Å²) in [6.45, 7) is 3.23. The number of hydrogen-bond donors (Lipinski definition) is 0. The molecule has 174 valence electrons. The van der Waals surface area contributed by atoms with Crippen LogP contribution < -0.4 is 15.2 Å². The molecule has 32 heavy (non-hydrogen) atoms. The zero-order valence-electron chi connectivity index (χ0n) is 18.2. The highest BCUT2D eigenvalue weighted by molar-refractivity contribution is 7.83. The van der Waals surface area contributed by atoms with Crippen molar-refractivity contribution >= 4 is 35.4 Å². The Morgan fingerprint density at radius 1 is 1.22 bits per heavy atom. The Balaban J connectivity index is 1.62. The Labute approximate surface area is 197 Å². The van der Waals surface area contributed by atoms with Crippen LogP contribution in [0.1, 0.15) is 26.7 Å². The molecule has 0 amide bonds. The standard InChI is InChI=1S/C21H27Cl2N4O4P/c1-3-31-32(23,29)26-11-9-25(10-12-26)18-14-24-27(17-6-4-5-16(22)13-17)20(28)19(18)30-15-21(2)7-8-21/h4-6,13-14H,3,7-12,15H2,1-2H3. The molecule has 0 spiro atoms. The van der Waals surface area contributed by atoms with Crippen molar-refractivity contribution in [3.8, 4) is 11.4 Å². The van der Waals surface area contributed by atoms with Crippen LogP contribution in [0.4, 0.5) is 5.69 Å². The highest BCUT2D eigenvalue weighted by Gasteiger charge is 2.39. The van der Waals surface area contributed by atoms with Crippen LogP contribution in [0.5, 0.6) is 5.75 Å². The molecule has 1 atom stereocenters. The van der Waals surface area contributed by atoms with Gasteiger partial charge in [-0.1, -0.05) is 24.6 Å². The van der Waals surface area contributed by atoms with Gasteiger partial charge in [0.1, 0.15) is 5.69 Å². The van der Waals surface area contributed by atoms with Gasteiger partial charge in [0.25, 0.3) is 0 Å². The Morgan fingerprint density at radius 2 is 1.94 bits per heavy atom. The number of nitrogens with zero attached hydrogens (tertiary/aromatic N) is 4. The second-order valence-electron chi connectivity index (χ2n) is 8.47. The summed E-state index contributed by atoms with van der Waals surface area (Å²) in [5, 5.41) is 4.91. The number of hydrogen-bond acceptors (Lipinski definition) is 6. The van der Waals surface area contributed by atoms with E-state index in [-0.39, 0.29) is 23.3 Å². The van der Waals surface area contributed by atoms with Gasteiger partial charge in [-0.25, -0.2) is 4.67 Å². The molecule has 1 saturated carbocycles. The summed E-state index contributed by atoms with van der Waals surface area (Å²) in [4.78, 5) is 15.4. The summed E-state index contributed by atoms with van der Waals surface area (Å²) in [6, 6.07) is 6.98. The smallest absolute Gasteiger partial charge is 0.363 e. The predicted octanol–water partition coefficient (Wildman–Crippen LogP) is 4.57. The maximum Gasteiger partial charge on any atom is 0.363 e. The Morgan fingerprint density at radius 3 is 2.56 bits per heavy atom. The minimum absolute atomic E-state index is 0.106. The van der Waals surface area contributed by atoms with E-state index < -0.39 is 6.87 Å². The number of halogens is 2. The molecule has 11 heteroatoms. The first kappa shape index (κ1) is 23.6. The lowest BCUT2D eigenvalue weighted by Gasteiger charge is -2.37. The molecule has 1 unspecified atom stereocenters. The van der Waals surface area contributed by atoms with Gasteiger partial charge in [-0.2, -0.15) is 9.78 Å². The van der Waals surface area contributed by atoms with Gasteiger partial charge in [-0.05, 0) is 49.2 Å². The fourth-order valence-corrected chi connectivity index (χ4v) is 5.67. The average Bonchev–Trinajstić information content (AvgIpc) is 3.50. The van der Waals surface area contributed by atoms with Crippen LogP contribution in [0.2, 0.25) is 5.02 Å². The van der Waals surface area contributed by atoms with E-state index in [0.717, 1.165) is 12.8 Å². The number of rotatable bonds is 8. The first-order valence-electron chi connectivity index (χ1n) is 10.7. The first-order chi connectivity index (χ1) is 15.2. The predicted molar refractivity (Wildman–Crippen MR) is 127 cm³/mol. The molecule has 2 aromatic rings. The highest BCUT2D eigenvalue weighted by Crippen LogP contribution is 2.56. The number of anilines is 1.